The van der Waals surface area contributed by atoms with Gasteiger partial charge >= 0.3 is 0 Å². The average molecular weight is 398 g/mol. The molecular formula is C22H24ClN3O2. The molecule has 0 atom stereocenters. The molecule has 0 fully saturated rings. The second-order valence-electron chi connectivity index (χ2n) is 7.21. The first-order chi connectivity index (χ1) is 13.3. The Labute approximate surface area is 168 Å². The van der Waals surface area contributed by atoms with Gasteiger partial charge in [0.05, 0.1) is 5.69 Å². The fourth-order valence-electron chi connectivity index (χ4n) is 3.55. The average Bonchev–Trinajstić information content (AvgIpc) is 2.63. The van der Waals surface area contributed by atoms with Crippen LogP contribution in [0.1, 0.15) is 33.5 Å². The monoisotopic (exact) mass is 397 g/mol. The minimum atomic E-state index is -0.366. The lowest BCUT2D eigenvalue weighted by atomic mass is 10.1. The summed E-state index contributed by atoms with van der Waals surface area (Å²) >= 11 is 6.16. The van der Waals surface area contributed by atoms with E-state index in [1.807, 2.05) is 24.6 Å². The van der Waals surface area contributed by atoms with Crippen LogP contribution in [0.2, 0.25) is 5.02 Å². The van der Waals surface area contributed by atoms with Gasteiger partial charge in [0.25, 0.3) is 5.56 Å². The number of hydrogen-bond donors (Lipinski definition) is 0. The summed E-state index contributed by atoms with van der Waals surface area (Å²) in [5.74, 6) is 0.896. The Balaban J connectivity index is 2.61. The third-order valence-corrected chi connectivity index (χ3v) is 5.01. The Morgan fingerprint density at radius 3 is 2.46 bits per heavy atom. The molecule has 2 aromatic heterocycles. The zero-order chi connectivity index (χ0) is 20.6. The summed E-state index contributed by atoms with van der Waals surface area (Å²) in [7, 11) is 1.83. The van der Waals surface area contributed by atoms with Crippen LogP contribution in [-0.2, 0) is 13.5 Å². The van der Waals surface area contributed by atoms with Gasteiger partial charge in [0.2, 0.25) is 5.43 Å². The molecule has 0 unspecified atom stereocenters. The van der Waals surface area contributed by atoms with E-state index >= 15 is 0 Å². The smallest absolute Gasteiger partial charge is 0.271 e. The predicted octanol–water partition coefficient (Wildman–Crippen LogP) is 2.54. The van der Waals surface area contributed by atoms with Crippen LogP contribution in [0.5, 0.6) is 0 Å². The van der Waals surface area contributed by atoms with E-state index in [2.05, 4.69) is 13.8 Å². The number of hydrogen-bond acceptors (Lipinski definition) is 3. The quantitative estimate of drug-likeness (QED) is 0.682. The lowest BCUT2D eigenvalue weighted by Gasteiger charge is -2.16. The molecule has 2 heterocycles. The SMILES string of the molecule is C/C=c1/c(=O)c2c(=O)n(-c3cccc(Cl)c3)c(CC(C)C)nc2n(C)/c1=C/C. The molecule has 0 aliphatic heterocycles. The lowest BCUT2D eigenvalue weighted by molar-refractivity contribution is 0.603. The highest BCUT2D eigenvalue weighted by Gasteiger charge is 2.18. The van der Waals surface area contributed by atoms with Crippen LogP contribution in [0.25, 0.3) is 28.9 Å². The molecule has 5 nitrogen and oxygen atoms in total. The van der Waals surface area contributed by atoms with Crippen molar-refractivity contribution in [3.63, 3.8) is 0 Å². The van der Waals surface area contributed by atoms with Gasteiger partial charge in [-0.15, -0.1) is 0 Å². The highest BCUT2D eigenvalue weighted by atomic mass is 35.5. The van der Waals surface area contributed by atoms with Crippen LogP contribution < -0.4 is 21.6 Å². The zero-order valence-corrected chi connectivity index (χ0v) is 17.5. The maximum Gasteiger partial charge on any atom is 0.271 e. The van der Waals surface area contributed by atoms with Crippen LogP contribution in [0.3, 0.4) is 0 Å². The summed E-state index contributed by atoms with van der Waals surface area (Å²) in [4.78, 5) is 31.5. The number of aromatic nitrogens is 3. The molecule has 0 saturated carbocycles. The van der Waals surface area contributed by atoms with Crippen molar-refractivity contribution in [3.05, 3.63) is 66.3 Å². The number of nitrogens with zero attached hydrogens (tertiary/aromatic N) is 3. The van der Waals surface area contributed by atoms with Gasteiger partial charge in [-0.05, 0) is 38.0 Å². The first-order valence-corrected chi connectivity index (χ1v) is 9.71. The van der Waals surface area contributed by atoms with Crippen molar-refractivity contribution in [3.8, 4) is 5.69 Å². The highest BCUT2D eigenvalue weighted by Crippen LogP contribution is 2.17. The van der Waals surface area contributed by atoms with E-state index in [1.165, 1.54) is 4.57 Å². The van der Waals surface area contributed by atoms with Crippen LogP contribution in [0, 0.1) is 5.92 Å². The molecule has 146 valence electrons. The molecule has 3 aromatic rings. The number of rotatable bonds is 3. The summed E-state index contributed by atoms with van der Waals surface area (Å²) in [5, 5.41) is 1.87. The van der Waals surface area contributed by atoms with Crippen molar-refractivity contribution in [1.82, 2.24) is 14.1 Å². The molecule has 0 aliphatic rings. The van der Waals surface area contributed by atoms with E-state index < -0.39 is 0 Å². The van der Waals surface area contributed by atoms with Crippen molar-refractivity contribution in [2.24, 2.45) is 13.0 Å². The summed E-state index contributed by atoms with van der Waals surface area (Å²) in [6.45, 7) is 7.80. The Kier molecular flexibility index (Phi) is 5.57. The number of benzene rings is 1. The van der Waals surface area contributed by atoms with Crippen molar-refractivity contribution < 1.29 is 0 Å². The predicted molar refractivity (Wildman–Crippen MR) is 116 cm³/mol. The normalized spacial score (nSPS) is 13.1. The summed E-state index contributed by atoms with van der Waals surface area (Å²) in [6.07, 6.45) is 4.20. The van der Waals surface area contributed by atoms with E-state index in [0.29, 0.717) is 33.8 Å². The first-order valence-electron chi connectivity index (χ1n) is 9.33. The molecule has 0 N–H and O–H groups in total. The van der Waals surface area contributed by atoms with Crippen molar-refractivity contribution in [1.29, 1.82) is 0 Å². The van der Waals surface area contributed by atoms with Crippen LogP contribution in [0.4, 0.5) is 0 Å². The number of aryl methyl sites for hydroxylation is 1. The molecule has 0 aliphatic carbocycles. The zero-order valence-electron chi connectivity index (χ0n) is 16.8. The van der Waals surface area contributed by atoms with Gasteiger partial charge in [-0.2, -0.15) is 0 Å². The van der Waals surface area contributed by atoms with E-state index in [9.17, 15) is 9.59 Å². The van der Waals surface area contributed by atoms with E-state index in [0.717, 1.165) is 5.35 Å². The van der Waals surface area contributed by atoms with Gasteiger partial charge in [-0.3, -0.25) is 14.2 Å². The fourth-order valence-corrected chi connectivity index (χ4v) is 3.74. The van der Waals surface area contributed by atoms with Gasteiger partial charge in [-0.1, -0.05) is 43.7 Å². The Bertz CT molecular complexity index is 1300. The molecule has 1 aromatic carbocycles. The van der Waals surface area contributed by atoms with E-state index in [1.54, 1.807) is 37.3 Å². The molecule has 0 saturated heterocycles. The molecule has 6 heteroatoms. The largest absolute Gasteiger partial charge is 0.328 e. The number of pyridine rings is 1. The van der Waals surface area contributed by atoms with Crippen LogP contribution in [0.15, 0.2) is 33.9 Å². The lowest BCUT2D eigenvalue weighted by Crippen LogP contribution is -2.47. The molecule has 3 rings (SSSR count). The standard InChI is InChI=1S/C22H24ClN3O2/c1-6-16-17(7-2)25(5)21-19(20(16)27)22(28)26(18(24-21)11-13(3)4)15-10-8-9-14(23)12-15/h6-10,12-13H,11H2,1-5H3/b16-6+,17-7+. The van der Waals surface area contributed by atoms with Gasteiger partial charge in [0, 0.05) is 29.1 Å². The molecule has 28 heavy (non-hydrogen) atoms. The van der Waals surface area contributed by atoms with Gasteiger partial charge in [-0.25, -0.2) is 4.98 Å². The minimum absolute atomic E-state index is 0.0914. The van der Waals surface area contributed by atoms with Gasteiger partial charge < -0.3 is 4.57 Å². The number of halogens is 1. The van der Waals surface area contributed by atoms with E-state index in [-0.39, 0.29) is 22.3 Å². The second kappa shape index (κ2) is 7.76. The summed E-state index contributed by atoms with van der Waals surface area (Å²) < 4.78 is 3.34. The maximum atomic E-state index is 13.5. The Morgan fingerprint density at radius 2 is 1.89 bits per heavy atom. The molecule has 0 bridgehead atoms. The van der Waals surface area contributed by atoms with Crippen molar-refractivity contribution in [2.45, 2.75) is 34.1 Å². The van der Waals surface area contributed by atoms with Gasteiger partial charge in [0.1, 0.15) is 11.2 Å². The Hall–Kier alpha value is -2.66. The second-order valence-corrected chi connectivity index (χ2v) is 7.65. The van der Waals surface area contributed by atoms with Crippen LogP contribution in [-0.4, -0.2) is 14.1 Å². The third-order valence-electron chi connectivity index (χ3n) is 4.78. The fraction of sp³-hybridized carbons (Fsp3) is 0.318. The minimum Gasteiger partial charge on any atom is -0.328 e. The third kappa shape index (κ3) is 3.31. The first kappa shape index (κ1) is 20.1. The molecule has 0 amide bonds. The van der Waals surface area contributed by atoms with Crippen molar-refractivity contribution >= 4 is 34.8 Å². The number of fused-ring (bicyclic) bond motifs is 1. The Morgan fingerprint density at radius 1 is 1.18 bits per heavy atom. The van der Waals surface area contributed by atoms with Crippen molar-refractivity contribution in [2.75, 3.05) is 0 Å². The molecule has 0 radical (unpaired) electrons. The topological polar surface area (TPSA) is 56.9 Å². The maximum absolute atomic E-state index is 13.5. The molecule has 0 spiro atoms. The van der Waals surface area contributed by atoms with Crippen LogP contribution >= 0.6 is 11.6 Å². The highest BCUT2D eigenvalue weighted by molar-refractivity contribution is 6.30. The molecular weight excluding hydrogens is 374 g/mol. The van der Waals surface area contributed by atoms with Gasteiger partial charge in [0.15, 0.2) is 5.65 Å². The van der Waals surface area contributed by atoms with E-state index in [4.69, 9.17) is 16.6 Å². The summed E-state index contributed by atoms with van der Waals surface area (Å²) in [5.41, 5.74) is 0.350. The summed E-state index contributed by atoms with van der Waals surface area (Å²) in [6, 6.07) is 7.05.